The molecule has 4 aromatic rings. The summed E-state index contributed by atoms with van der Waals surface area (Å²) >= 11 is 1.55. The van der Waals surface area contributed by atoms with Crippen LogP contribution in [0.3, 0.4) is 0 Å². The molecule has 8 nitrogen and oxygen atoms in total. The van der Waals surface area contributed by atoms with Gasteiger partial charge in [0.1, 0.15) is 11.4 Å². The monoisotopic (exact) mass is 544 g/mol. The van der Waals surface area contributed by atoms with Crippen molar-refractivity contribution in [1.82, 2.24) is 4.90 Å². The number of nitrogens with two attached hydrogens (primary N) is 1. The molecule has 0 aliphatic heterocycles. The minimum absolute atomic E-state index is 0.0298. The van der Waals surface area contributed by atoms with E-state index in [-0.39, 0.29) is 17.8 Å². The van der Waals surface area contributed by atoms with E-state index in [2.05, 4.69) is 10.6 Å². The highest BCUT2D eigenvalue weighted by Crippen LogP contribution is 2.44. The smallest absolute Gasteiger partial charge is 0.408 e. The number of anilines is 3. The molecule has 1 aliphatic carbocycles. The highest BCUT2D eigenvalue weighted by molar-refractivity contribution is 7.13. The molecule has 0 saturated heterocycles. The Morgan fingerprint density at radius 2 is 1.72 bits per heavy atom. The molecule has 1 saturated carbocycles. The zero-order chi connectivity index (χ0) is 27.6. The molecule has 3 amide bonds. The number of nitrogens with one attached hydrogen (secondary N) is 2. The largest absolute Gasteiger partial charge is 0.465 e. The highest BCUT2D eigenvalue weighted by Gasteiger charge is 2.56. The Morgan fingerprint density at radius 3 is 2.36 bits per heavy atom. The fourth-order valence-corrected chi connectivity index (χ4v) is 5.08. The number of nitrogen functional groups attached to an aromatic ring is 1. The van der Waals surface area contributed by atoms with Crippen LogP contribution in [0.1, 0.15) is 28.8 Å². The van der Waals surface area contributed by atoms with Crippen molar-refractivity contribution >= 4 is 46.3 Å². The molecular formula is C29H25FN4O4S. The Hall–Kier alpha value is -4.70. The Labute approximate surface area is 227 Å². The van der Waals surface area contributed by atoms with Gasteiger partial charge in [-0.1, -0.05) is 42.5 Å². The van der Waals surface area contributed by atoms with Gasteiger partial charge in [0, 0.05) is 10.4 Å². The van der Waals surface area contributed by atoms with E-state index in [9.17, 15) is 19.5 Å². The first-order valence-electron chi connectivity index (χ1n) is 12.2. The number of hydrogen-bond acceptors (Lipinski definition) is 5. The number of hydrogen-bond donors (Lipinski definition) is 4. The molecule has 0 bridgehead atoms. The minimum atomic E-state index is -1.28. The molecule has 0 radical (unpaired) electrons. The second kappa shape index (κ2) is 10.6. The average Bonchev–Trinajstić information content (AvgIpc) is 3.54. The Morgan fingerprint density at radius 1 is 0.949 bits per heavy atom. The third-order valence-corrected chi connectivity index (χ3v) is 7.58. The quantitative estimate of drug-likeness (QED) is 0.201. The van der Waals surface area contributed by atoms with Crippen LogP contribution in [-0.4, -0.2) is 33.5 Å². The van der Waals surface area contributed by atoms with E-state index in [1.807, 2.05) is 29.6 Å². The van der Waals surface area contributed by atoms with Crippen molar-refractivity contribution in [3.05, 3.63) is 101 Å². The predicted molar refractivity (Wildman–Crippen MR) is 149 cm³/mol. The van der Waals surface area contributed by atoms with Crippen molar-refractivity contribution in [3.8, 4) is 10.4 Å². The SMILES string of the molecule is Nc1ccc(-c2cccs2)cc1NC(=O)c1ccc(NC(=O)C2(N(Cc3ccccc3)C(=O)O)CC2)c(F)c1. The summed E-state index contributed by atoms with van der Waals surface area (Å²) in [5.41, 5.74) is 7.02. The van der Waals surface area contributed by atoms with Gasteiger partial charge in [0.25, 0.3) is 11.8 Å². The molecule has 39 heavy (non-hydrogen) atoms. The lowest BCUT2D eigenvalue weighted by Crippen LogP contribution is -2.48. The van der Waals surface area contributed by atoms with Crippen LogP contribution >= 0.6 is 11.3 Å². The first-order chi connectivity index (χ1) is 18.8. The van der Waals surface area contributed by atoms with Crippen molar-refractivity contribution in [2.45, 2.75) is 24.9 Å². The molecule has 0 unspecified atom stereocenters. The number of carboxylic acid groups (broad SMARTS) is 1. The van der Waals surface area contributed by atoms with Gasteiger partial charge in [-0.15, -0.1) is 11.3 Å². The van der Waals surface area contributed by atoms with Gasteiger partial charge in [-0.25, -0.2) is 9.18 Å². The maximum Gasteiger partial charge on any atom is 0.408 e. The van der Waals surface area contributed by atoms with E-state index in [1.165, 1.54) is 12.1 Å². The van der Waals surface area contributed by atoms with Crippen molar-refractivity contribution in [2.24, 2.45) is 0 Å². The van der Waals surface area contributed by atoms with E-state index >= 15 is 4.39 Å². The van der Waals surface area contributed by atoms with Crippen molar-refractivity contribution in [1.29, 1.82) is 0 Å². The standard InChI is InChI=1S/C29H25FN4O4S/c30-21-15-20(26(35)32-24-16-19(8-10-22(24)31)25-7-4-14-39-25)9-11-23(21)33-27(36)29(12-13-29)34(28(37)38)17-18-5-2-1-3-6-18/h1-11,14-16H,12-13,17,31H2,(H,32,35)(H,33,36)(H,37,38). The van der Waals surface area contributed by atoms with Crippen LogP contribution < -0.4 is 16.4 Å². The number of rotatable bonds is 8. The Kier molecular flexibility index (Phi) is 7.03. The number of thiophene rings is 1. The molecule has 1 aromatic heterocycles. The van der Waals surface area contributed by atoms with Crippen molar-refractivity contribution in [3.63, 3.8) is 0 Å². The van der Waals surface area contributed by atoms with E-state index in [1.54, 1.807) is 47.7 Å². The third-order valence-electron chi connectivity index (χ3n) is 6.66. The number of carbonyl (C=O) groups is 3. The average molecular weight is 545 g/mol. The zero-order valence-electron chi connectivity index (χ0n) is 20.7. The minimum Gasteiger partial charge on any atom is -0.465 e. The molecule has 5 N–H and O–H groups in total. The van der Waals surface area contributed by atoms with E-state index < -0.39 is 29.3 Å². The summed E-state index contributed by atoms with van der Waals surface area (Å²) < 4.78 is 15.0. The summed E-state index contributed by atoms with van der Waals surface area (Å²) in [6.45, 7) is 0.0298. The van der Waals surface area contributed by atoms with Gasteiger partial charge in [-0.3, -0.25) is 14.5 Å². The summed E-state index contributed by atoms with van der Waals surface area (Å²) in [6.07, 6.45) is -0.584. The molecular weight excluding hydrogens is 519 g/mol. The Bertz CT molecular complexity index is 1540. The molecule has 10 heteroatoms. The van der Waals surface area contributed by atoms with Crippen LogP contribution in [0.25, 0.3) is 10.4 Å². The van der Waals surface area contributed by atoms with E-state index in [4.69, 9.17) is 5.73 Å². The summed E-state index contributed by atoms with van der Waals surface area (Å²) in [6, 6.07) is 21.8. The summed E-state index contributed by atoms with van der Waals surface area (Å²) in [5, 5.41) is 17.0. The lowest BCUT2D eigenvalue weighted by atomic mass is 10.1. The van der Waals surface area contributed by atoms with Gasteiger partial charge < -0.3 is 21.5 Å². The molecule has 1 fully saturated rings. The van der Waals surface area contributed by atoms with Gasteiger partial charge in [-0.05, 0) is 65.7 Å². The fraction of sp³-hybridized carbons (Fsp3) is 0.138. The van der Waals surface area contributed by atoms with E-state index in [0.29, 0.717) is 24.2 Å². The molecule has 0 atom stereocenters. The number of amides is 3. The van der Waals surface area contributed by atoms with Gasteiger partial charge in [0.15, 0.2) is 0 Å². The van der Waals surface area contributed by atoms with Gasteiger partial charge in [-0.2, -0.15) is 0 Å². The van der Waals surface area contributed by atoms with Crippen molar-refractivity contribution < 1.29 is 23.9 Å². The highest BCUT2D eigenvalue weighted by atomic mass is 32.1. The second-order valence-electron chi connectivity index (χ2n) is 9.27. The van der Waals surface area contributed by atoms with Crippen LogP contribution in [0.4, 0.5) is 26.2 Å². The maximum atomic E-state index is 15.0. The molecule has 3 aromatic carbocycles. The second-order valence-corrected chi connectivity index (χ2v) is 10.2. The summed E-state index contributed by atoms with van der Waals surface area (Å²) in [4.78, 5) is 40.1. The number of carbonyl (C=O) groups excluding carboxylic acids is 2. The first-order valence-corrected chi connectivity index (χ1v) is 13.0. The molecule has 0 spiro atoms. The molecule has 1 aliphatic rings. The zero-order valence-corrected chi connectivity index (χ0v) is 21.5. The third kappa shape index (κ3) is 5.46. The van der Waals surface area contributed by atoms with Gasteiger partial charge in [0.05, 0.1) is 23.6 Å². The van der Waals surface area contributed by atoms with Crippen LogP contribution in [0, 0.1) is 5.82 Å². The number of nitrogens with zero attached hydrogens (tertiary/aromatic N) is 1. The topological polar surface area (TPSA) is 125 Å². The van der Waals surface area contributed by atoms with Crippen LogP contribution in [-0.2, 0) is 11.3 Å². The molecule has 1 heterocycles. The van der Waals surface area contributed by atoms with Crippen LogP contribution in [0.5, 0.6) is 0 Å². The fourth-order valence-electron chi connectivity index (χ4n) is 4.36. The summed E-state index contributed by atoms with van der Waals surface area (Å²) in [7, 11) is 0. The van der Waals surface area contributed by atoms with Gasteiger partial charge in [0.2, 0.25) is 0 Å². The normalized spacial score (nSPS) is 13.4. The van der Waals surface area contributed by atoms with Crippen LogP contribution in [0.15, 0.2) is 84.2 Å². The van der Waals surface area contributed by atoms with Crippen molar-refractivity contribution in [2.75, 3.05) is 16.4 Å². The number of halogens is 1. The maximum absolute atomic E-state index is 15.0. The Balaban J connectivity index is 1.29. The molecule has 5 rings (SSSR count). The van der Waals surface area contributed by atoms with Gasteiger partial charge >= 0.3 is 6.09 Å². The predicted octanol–water partition coefficient (Wildman–Crippen LogP) is 6.04. The lowest BCUT2D eigenvalue weighted by molar-refractivity contribution is -0.122. The van der Waals surface area contributed by atoms with Crippen LogP contribution in [0.2, 0.25) is 0 Å². The molecule has 198 valence electrons. The van der Waals surface area contributed by atoms with E-state index in [0.717, 1.165) is 27.0 Å². The lowest BCUT2D eigenvalue weighted by Gasteiger charge is -2.28. The summed E-state index contributed by atoms with van der Waals surface area (Å²) in [5.74, 6) is -2.01. The first kappa shape index (κ1) is 25.9. The number of benzene rings is 3.